The second-order valence-corrected chi connectivity index (χ2v) is 5.04. The van der Waals surface area contributed by atoms with Crippen LogP contribution in [0.25, 0.3) is 0 Å². The van der Waals surface area contributed by atoms with Crippen molar-refractivity contribution in [2.75, 3.05) is 6.79 Å². The summed E-state index contributed by atoms with van der Waals surface area (Å²) in [5.41, 5.74) is 7.21. The molecule has 1 aliphatic carbocycles. The van der Waals surface area contributed by atoms with Crippen LogP contribution in [0.15, 0.2) is 12.1 Å². The Morgan fingerprint density at radius 1 is 1.31 bits per heavy atom. The molecule has 1 aromatic carbocycles. The maximum absolute atomic E-state index is 6.29. The predicted molar refractivity (Wildman–Crippen MR) is 62.1 cm³/mol. The van der Waals surface area contributed by atoms with Gasteiger partial charge >= 0.3 is 0 Å². The molecule has 0 amide bonds. The molecule has 0 radical (unpaired) electrons. The number of nitrogens with two attached hydrogens (primary N) is 1. The highest BCUT2D eigenvalue weighted by molar-refractivity contribution is 6.31. The normalized spacial score (nSPS) is 21.9. The van der Waals surface area contributed by atoms with E-state index in [1.807, 2.05) is 19.1 Å². The fourth-order valence-electron chi connectivity index (χ4n) is 2.40. The van der Waals surface area contributed by atoms with Crippen molar-refractivity contribution in [1.82, 2.24) is 0 Å². The topological polar surface area (TPSA) is 44.5 Å². The molecule has 3 nitrogen and oxygen atoms in total. The van der Waals surface area contributed by atoms with Crippen molar-refractivity contribution < 1.29 is 9.47 Å². The molecular formula is C12H14ClNO2. The number of hydrogen-bond acceptors (Lipinski definition) is 3. The molecule has 16 heavy (non-hydrogen) atoms. The molecule has 86 valence electrons. The van der Waals surface area contributed by atoms with E-state index in [9.17, 15) is 0 Å². The van der Waals surface area contributed by atoms with Gasteiger partial charge in [0.25, 0.3) is 0 Å². The van der Waals surface area contributed by atoms with Crippen molar-refractivity contribution in [3.05, 3.63) is 22.7 Å². The lowest BCUT2D eigenvalue weighted by Gasteiger charge is -2.21. The largest absolute Gasteiger partial charge is 0.454 e. The van der Waals surface area contributed by atoms with E-state index >= 15 is 0 Å². The van der Waals surface area contributed by atoms with E-state index < -0.39 is 0 Å². The Morgan fingerprint density at radius 3 is 2.50 bits per heavy atom. The molecule has 0 bridgehead atoms. The summed E-state index contributed by atoms with van der Waals surface area (Å²) in [5, 5.41) is 0.735. The molecule has 1 aliphatic heterocycles. The van der Waals surface area contributed by atoms with Crippen molar-refractivity contribution in [3.63, 3.8) is 0 Å². The molecule has 1 aromatic rings. The van der Waals surface area contributed by atoms with E-state index in [-0.39, 0.29) is 18.2 Å². The molecule has 0 spiro atoms. The Kier molecular flexibility index (Phi) is 2.10. The first-order chi connectivity index (χ1) is 7.63. The molecule has 1 saturated carbocycles. The summed E-state index contributed by atoms with van der Waals surface area (Å²) in [6.45, 7) is 2.31. The van der Waals surface area contributed by atoms with Crippen LogP contribution < -0.4 is 15.2 Å². The Balaban J connectivity index is 2.08. The number of hydrogen-bond donors (Lipinski definition) is 1. The van der Waals surface area contributed by atoms with Crippen molar-refractivity contribution in [1.29, 1.82) is 0 Å². The van der Waals surface area contributed by atoms with Gasteiger partial charge in [-0.1, -0.05) is 11.6 Å². The van der Waals surface area contributed by atoms with Gasteiger partial charge in [-0.05, 0) is 31.4 Å². The SMILES string of the molecule is CC(N)C1(c2cc3c(cc2Cl)OCO3)CC1. The molecule has 1 unspecified atom stereocenters. The van der Waals surface area contributed by atoms with Crippen LogP contribution in [0.4, 0.5) is 0 Å². The van der Waals surface area contributed by atoms with Gasteiger partial charge in [0.15, 0.2) is 11.5 Å². The van der Waals surface area contributed by atoms with E-state index in [1.54, 1.807) is 0 Å². The van der Waals surface area contributed by atoms with Gasteiger partial charge in [0, 0.05) is 22.5 Å². The minimum Gasteiger partial charge on any atom is -0.454 e. The lowest BCUT2D eigenvalue weighted by Crippen LogP contribution is -2.31. The number of benzene rings is 1. The molecule has 0 saturated heterocycles. The average Bonchev–Trinajstić information content (AvgIpc) is 2.92. The quantitative estimate of drug-likeness (QED) is 0.862. The van der Waals surface area contributed by atoms with Crippen molar-refractivity contribution in [2.45, 2.75) is 31.2 Å². The first-order valence-electron chi connectivity index (χ1n) is 5.49. The lowest BCUT2D eigenvalue weighted by molar-refractivity contribution is 0.174. The minimum absolute atomic E-state index is 0.0536. The van der Waals surface area contributed by atoms with Gasteiger partial charge in [-0.25, -0.2) is 0 Å². The summed E-state index contributed by atoms with van der Waals surface area (Å²) in [4.78, 5) is 0. The number of ether oxygens (including phenoxy) is 2. The summed E-state index contributed by atoms with van der Waals surface area (Å²) in [6.07, 6.45) is 2.20. The van der Waals surface area contributed by atoms with Crippen LogP contribution in [0.3, 0.4) is 0 Å². The first kappa shape index (κ1) is 10.2. The van der Waals surface area contributed by atoms with E-state index in [2.05, 4.69) is 0 Å². The van der Waals surface area contributed by atoms with Gasteiger partial charge in [0.2, 0.25) is 6.79 Å². The van der Waals surface area contributed by atoms with Crippen LogP contribution in [-0.2, 0) is 5.41 Å². The fraction of sp³-hybridized carbons (Fsp3) is 0.500. The summed E-state index contributed by atoms with van der Waals surface area (Å²) >= 11 is 6.29. The number of halogens is 1. The second kappa shape index (κ2) is 3.28. The summed E-state index contributed by atoms with van der Waals surface area (Å²) in [5.74, 6) is 1.51. The Labute approximate surface area is 99.5 Å². The lowest BCUT2D eigenvalue weighted by atomic mass is 9.89. The van der Waals surface area contributed by atoms with Crippen LogP contribution >= 0.6 is 11.6 Å². The van der Waals surface area contributed by atoms with E-state index in [0.29, 0.717) is 0 Å². The zero-order valence-corrected chi connectivity index (χ0v) is 9.88. The third-order valence-corrected chi connectivity index (χ3v) is 3.97. The highest BCUT2D eigenvalue weighted by Crippen LogP contribution is 2.54. The summed E-state index contributed by atoms with van der Waals surface area (Å²) < 4.78 is 10.7. The maximum atomic E-state index is 6.29. The Bertz CT molecular complexity index is 441. The van der Waals surface area contributed by atoms with Crippen LogP contribution in [-0.4, -0.2) is 12.8 Å². The smallest absolute Gasteiger partial charge is 0.231 e. The van der Waals surface area contributed by atoms with Gasteiger partial charge in [-0.15, -0.1) is 0 Å². The molecule has 4 heteroatoms. The first-order valence-corrected chi connectivity index (χ1v) is 5.86. The van der Waals surface area contributed by atoms with Crippen molar-refractivity contribution in [2.24, 2.45) is 5.73 Å². The molecular weight excluding hydrogens is 226 g/mol. The van der Waals surface area contributed by atoms with Crippen LogP contribution in [0.5, 0.6) is 11.5 Å². The van der Waals surface area contributed by atoms with Crippen LogP contribution in [0.1, 0.15) is 25.3 Å². The van der Waals surface area contributed by atoms with Crippen LogP contribution in [0.2, 0.25) is 5.02 Å². The minimum atomic E-state index is 0.0536. The molecule has 1 atom stereocenters. The summed E-state index contributed by atoms with van der Waals surface area (Å²) in [6, 6.07) is 3.94. The second-order valence-electron chi connectivity index (χ2n) is 4.63. The van der Waals surface area contributed by atoms with Gasteiger partial charge in [0.05, 0.1) is 0 Å². The zero-order chi connectivity index (χ0) is 11.3. The maximum Gasteiger partial charge on any atom is 0.231 e. The molecule has 2 aliphatic rings. The predicted octanol–water partition coefficient (Wildman–Crippen LogP) is 2.45. The molecule has 2 N–H and O–H groups in total. The van der Waals surface area contributed by atoms with E-state index in [1.165, 1.54) is 0 Å². The standard InChI is InChI=1S/C12H14ClNO2/c1-7(14)12(2-3-12)8-4-10-11(5-9(8)13)16-6-15-10/h4-5,7H,2-3,6,14H2,1H3. The van der Waals surface area contributed by atoms with E-state index in [0.717, 1.165) is 34.9 Å². The summed E-state index contributed by atoms with van der Waals surface area (Å²) in [7, 11) is 0. The fourth-order valence-corrected chi connectivity index (χ4v) is 2.75. The highest BCUT2D eigenvalue weighted by atomic mass is 35.5. The van der Waals surface area contributed by atoms with Crippen molar-refractivity contribution in [3.8, 4) is 11.5 Å². The Hall–Kier alpha value is -0.930. The van der Waals surface area contributed by atoms with Gasteiger partial charge in [-0.3, -0.25) is 0 Å². The number of fused-ring (bicyclic) bond motifs is 1. The van der Waals surface area contributed by atoms with Crippen molar-refractivity contribution >= 4 is 11.6 Å². The van der Waals surface area contributed by atoms with Crippen LogP contribution in [0, 0.1) is 0 Å². The molecule has 0 aromatic heterocycles. The molecule has 1 heterocycles. The third kappa shape index (κ3) is 1.31. The zero-order valence-electron chi connectivity index (χ0n) is 9.13. The van der Waals surface area contributed by atoms with Gasteiger partial charge < -0.3 is 15.2 Å². The van der Waals surface area contributed by atoms with Gasteiger partial charge in [0.1, 0.15) is 0 Å². The molecule has 3 rings (SSSR count). The monoisotopic (exact) mass is 239 g/mol. The van der Waals surface area contributed by atoms with Gasteiger partial charge in [-0.2, -0.15) is 0 Å². The third-order valence-electron chi connectivity index (χ3n) is 3.66. The number of rotatable bonds is 2. The highest BCUT2D eigenvalue weighted by Gasteiger charge is 2.49. The van der Waals surface area contributed by atoms with E-state index in [4.69, 9.17) is 26.8 Å². The Morgan fingerprint density at radius 2 is 1.94 bits per heavy atom. The molecule has 1 fully saturated rings. The average molecular weight is 240 g/mol.